The number of halogens is 1. The molecular weight excluding hydrogens is 462 g/mol. The molecule has 1 amide bonds. The zero-order valence-corrected chi connectivity index (χ0v) is 20.8. The summed E-state index contributed by atoms with van der Waals surface area (Å²) in [5, 5.41) is 3.14. The Balaban J connectivity index is 1.81. The Bertz CT molecular complexity index is 1060. The first-order valence-electron chi connectivity index (χ1n) is 10.4. The van der Waals surface area contributed by atoms with Crippen LogP contribution in [0.25, 0.3) is 11.3 Å². The molecule has 1 heterocycles. The van der Waals surface area contributed by atoms with Gasteiger partial charge in [-0.1, -0.05) is 11.6 Å². The molecule has 9 heteroatoms. The largest absolute Gasteiger partial charge is 0.497 e. The van der Waals surface area contributed by atoms with Crippen molar-refractivity contribution in [3.05, 3.63) is 52.9 Å². The first-order valence-corrected chi connectivity index (χ1v) is 11.7. The first-order chi connectivity index (χ1) is 15.9. The summed E-state index contributed by atoms with van der Waals surface area (Å²) in [6, 6.07) is 12.5. The summed E-state index contributed by atoms with van der Waals surface area (Å²) in [6.45, 7) is 1.29. The maximum absolute atomic E-state index is 13.1. The van der Waals surface area contributed by atoms with Crippen LogP contribution in [0.15, 0.2) is 47.8 Å². The topological polar surface area (TPSA) is 64.1 Å². The fraction of sp³-hybridized carbons (Fsp3) is 0.333. The van der Waals surface area contributed by atoms with E-state index in [1.807, 2.05) is 37.7 Å². The molecule has 0 atom stereocenters. The molecule has 0 saturated heterocycles. The summed E-state index contributed by atoms with van der Waals surface area (Å²) in [7, 11) is 7.24. The number of ether oxygens (including phenoxy) is 3. The number of hydrogen-bond donors (Lipinski definition) is 0. The lowest BCUT2D eigenvalue weighted by Gasteiger charge is -2.21. The Morgan fingerprint density at radius 2 is 1.76 bits per heavy atom. The van der Waals surface area contributed by atoms with Crippen LogP contribution < -0.4 is 19.1 Å². The SMILES string of the molecule is COc1ccc(OC)c(-c2csc(N(CCCN(C)C)C(=O)COc3ccc(Cl)cc3)n2)c1. The second kappa shape index (κ2) is 11.9. The lowest BCUT2D eigenvalue weighted by atomic mass is 10.1. The quantitative estimate of drug-likeness (QED) is 0.384. The molecule has 0 bridgehead atoms. The highest BCUT2D eigenvalue weighted by molar-refractivity contribution is 7.14. The maximum atomic E-state index is 13.1. The van der Waals surface area contributed by atoms with Crippen molar-refractivity contribution in [1.29, 1.82) is 0 Å². The minimum absolute atomic E-state index is 0.0962. The van der Waals surface area contributed by atoms with Gasteiger partial charge < -0.3 is 19.1 Å². The number of aromatic nitrogens is 1. The average molecular weight is 490 g/mol. The van der Waals surface area contributed by atoms with Crippen LogP contribution in [-0.2, 0) is 4.79 Å². The van der Waals surface area contributed by atoms with Crippen LogP contribution in [0.3, 0.4) is 0 Å². The Labute approximate surface area is 203 Å². The Morgan fingerprint density at radius 1 is 1.03 bits per heavy atom. The van der Waals surface area contributed by atoms with E-state index in [1.54, 1.807) is 43.4 Å². The summed E-state index contributed by atoms with van der Waals surface area (Å²) in [5.41, 5.74) is 1.52. The molecule has 0 N–H and O–H groups in total. The van der Waals surface area contributed by atoms with Crippen molar-refractivity contribution in [3.63, 3.8) is 0 Å². The second-order valence-electron chi connectivity index (χ2n) is 7.53. The number of hydrogen-bond acceptors (Lipinski definition) is 7. The third-order valence-corrected chi connectivity index (χ3v) is 5.99. The van der Waals surface area contributed by atoms with Gasteiger partial charge in [0.2, 0.25) is 0 Å². The van der Waals surface area contributed by atoms with Gasteiger partial charge in [-0.15, -0.1) is 11.3 Å². The van der Waals surface area contributed by atoms with Crippen LogP contribution in [-0.4, -0.2) is 63.8 Å². The molecule has 0 saturated carbocycles. The molecule has 176 valence electrons. The van der Waals surface area contributed by atoms with Gasteiger partial charge in [-0.2, -0.15) is 0 Å². The van der Waals surface area contributed by atoms with Crippen molar-refractivity contribution >= 4 is 34.0 Å². The number of rotatable bonds is 11. The van der Waals surface area contributed by atoms with E-state index in [4.69, 9.17) is 30.8 Å². The smallest absolute Gasteiger partial charge is 0.266 e. The number of carbonyl (C=O) groups excluding carboxylic acids is 1. The van der Waals surface area contributed by atoms with Crippen molar-refractivity contribution in [3.8, 4) is 28.5 Å². The van der Waals surface area contributed by atoms with E-state index in [2.05, 4.69) is 4.90 Å². The van der Waals surface area contributed by atoms with Crippen LogP contribution in [0.4, 0.5) is 5.13 Å². The highest BCUT2D eigenvalue weighted by Gasteiger charge is 2.21. The van der Waals surface area contributed by atoms with Crippen molar-refractivity contribution in [2.75, 3.05) is 52.9 Å². The summed E-state index contributed by atoms with van der Waals surface area (Å²) in [6.07, 6.45) is 0.803. The van der Waals surface area contributed by atoms with E-state index in [9.17, 15) is 4.79 Å². The van der Waals surface area contributed by atoms with E-state index >= 15 is 0 Å². The summed E-state index contributed by atoms with van der Waals surface area (Å²) in [5.74, 6) is 1.81. The zero-order valence-electron chi connectivity index (χ0n) is 19.2. The van der Waals surface area contributed by atoms with Crippen LogP contribution in [0, 0.1) is 0 Å². The Morgan fingerprint density at radius 3 is 2.42 bits per heavy atom. The van der Waals surface area contributed by atoms with Gasteiger partial charge in [0.15, 0.2) is 11.7 Å². The molecule has 3 rings (SSSR count). The van der Waals surface area contributed by atoms with E-state index in [1.165, 1.54) is 11.3 Å². The average Bonchev–Trinajstić information content (AvgIpc) is 3.30. The van der Waals surface area contributed by atoms with Crippen molar-refractivity contribution in [1.82, 2.24) is 9.88 Å². The predicted molar refractivity (Wildman–Crippen MR) is 133 cm³/mol. The molecule has 0 aliphatic carbocycles. The van der Waals surface area contributed by atoms with Gasteiger partial charge in [-0.25, -0.2) is 4.98 Å². The molecule has 0 unspecified atom stereocenters. The maximum Gasteiger partial charge on any atom is 0.266 e. The van der Waals surface area contributed by atoms with Gasteiger partial charge in [0.1, 0.15) is 17.2 Å². The fourth-order valence-electron chi connectivity index (χ4n) is 3.15. The van der Waals surface area contributed by atoms with Gasteiger partial charge in [-0.05, 0) is 69.5 Å². The van der Waals surface area contributed by atoms with Gasteiger partial charge in [0.05, 0.1) is 19.9 Å². The van der Waals surface area contributed by atoms with E-state index in [-0.39, 0.29) is 12.5 Å². The molecule has 33 heavy (non-hydrogen) atoms. The molecule has 1 aromatic heterocycles. The molecule has 0 spiro atoms. The van der Waals surface area contributed by atoms with E-state index in [0.29, 0.717) is 33.9 Å². The van der Waals surface area contributed by atoms with Crippen molar-refractivity contribution in [2.45, 2.75) is 6.42 Å². The molecule has 7 nitrogen and oxygen atoms in total. The van der Waals surface area contributed by atoms with Crippen LogP contribution >= 0.6 is 22.9 Å². The number of anilines is 1. The van der Waals surface area contributed by atoms with Crippen molar-refractivity contribution in [2.24, 2.45) is 0 Å². The number of nitrogens with zero attached hydrogens (tertiary/aromatic N) is 3. The van der Waals surface area contributed by atoms with Gasteiger partial charge in [0, 0.05) is 22.5 Å². The van der Waals surface area contributed by atoms with Crippen LogP contribution in [0.2, 0.25) is 5.02 Å². The van der Waals surface area contributed by atoms with Gasteiger partial charge in [0.25, 0.3) is 5.91 Å². The number of methoxy groups -OCH3 is 2. The number of amides is 1. The van der Waals surface area contributed by atoms with E-state index in [0.717, 1.165) is 24.2 Å². The molecule has 0 radical (unpaired) electrons. The monoisotopic (exact) mass is 489 g/mol. The van der Waals surface area contributed by atoms with Crippen LogP contribution in [0.5, 0.6) is 17.2 Å². The summed E-state index contributed by atoms with van der Waals surface area (Å²) in [4.78, 5) is 21.6. The first kappa shape index (κ1) is 24.8. The standard InChI is InChI=1S/C24H28ClN3O4S/c1-27(2)12-5-13-28(23(29)15-32-18-8-6-17(25)7-9-18)24-26-21(16-33-24)20-14-19(30-3)10-11-22(20)31-4/h6-11,14,16H,5,12-13,15H2,1-4H3. The normalized spacial score (nSPS) is 10.8. The van der Waals surface area contributed by atoms with Gasteiger partial charge in [-0.3, -0.25) is 9.69 Å². The predicted octanol–water partition coefficient (Wildman–Crippen LogP) is 4.84. The Kier molecular flexibility index (Phi) is 8.94. The highest BCUT2D eigenvalue weighted by Crippen LogP contribution is 2.36. The molecule has 0 fully saturated rings. The number of carbonyl (C=O) groups is 1. The third-order valence-electron chi connectivity index (χ3n) is 4.87. The fourth-order valence-corrected chi connectivity index (χ4v) is 4.15. The lowest BCUT2D eigenvalue weighted by Crippen LogP contribution is -2.36. The summed E-state index contributed by atoms with van der Waals surface area (Å²) >= 11 is 7.33. The number of benzene rings is 2. The third kappa shape index (κ3) is 6.83. The zero-order chi connectivity index (χ0) is 23.8. The number of thiazole rings is 1. The molecule has 0 aliphatic rings. The molecule has 0 aliphatic heterocycles. The molecule has 3 aromatic rings. The van der Waals surface area contributed by atoms with Gasteiger partial charge >= 0.3 is 0 Å². The van der Waals surface area contributed by atoms with E-state index < -0.39 is 0 Å². The molecular formula is C24H28ClN3O4S. The second-order valence-corrected chi connectivity index (χ2v) is 8.80. The Hall–Kier alpha value is -2.81. The minimum Gasteiger partial charge on any atom is -0.497 e. The molecule has 2 aromatic carbocycles. The highest BCUT2D eigenvalue weighted by atomic mass is 35.5. The van der Waals surface area contributed by atoms with Crippen molar-refractivity contribution < 1.29 is 19.0 Å². The van der Waals surface area contributed by atoms with Crippen LogP contribution in [0.1, 0.15) is 6.42 Å². The summed E-state index contributed by atoms with van der Waals surface area (Å²) < 4.78 is 16.5. The lowest BCUT2D eigenvalue weighted by molar-refractivity contribution is -0.120. The minimum atomic E-state index is -0.165.